The van der Waals surface area contributed by atoms with E-state index in [0.29, 0.717) is 0 Å². The lowest BCUT2D eigenvalue weighted by Crippen LogP contribution is -2.49. The van der Waals surface area contributed by atoms with E-state index in [9.17, 15) is 29.7 Å². The van der Waals surface area contributed by atoms with Gasteiger partial charge in [0.05, 0.1) is 24.4 Å². The van der Waals surface area contributed by atoms with E-state index in [1.165, 1.54) is 19.2 Å². The molecule has 2 aliphatic rings. The fourth-order valence-corrected chi connectivity index (χ4v) is 5.15. The first-order chi connectivity index (χ1) is 20.7. The van der Waals surface area contributed by atoms with Gasteiger partial charge in [-0.2, -0.15) is 0 Å². The lowest BCUT2D eigenvalue weighted by atomic mass is 9.92. The Bertz CT molecular complexity index is 1210. The third-order valence-corrected chi connectivity index (χ3v) is 7.52. The van der Waals surface area contributed by atoms with Gasteiger partial charge < -0.3 is 34.8 Å². The second-order valence-corrected chi connectivity index (χ2v) is 11.5. The normalized spacial score (nSPS) is 28.2. The van der Waals surface area contributed by atoms with Gasteiger partial charge in [-0.3, -0.25) is 14.4 Å². The Hall–Kier alpha value is -3.57. The van der Waals surface area contributed by atoms with E-state index in [1.807, 2.05) is 37.3 Å². The summed E-state index contributed by atoms with van der Waals surface area (Å²) in [6, 6.07) is -0.894. The van der Waals surface area contributed by atoms with Crippen LogP contribution in [0.2, 0.25) is 0 Å². The molecule has 0 aliphatic carbocycles. The van der Waals surface area contributed by atoms with Crippen molar-refractivity contribution in [2.45, 2.75) is 90.6 Å². The van der Waals surface area contributed by atoms with Crippen LogP contribution >= 0.6 is 0 Å². The molecule has 0 unspecified atom stereocenters. The molecule has 10 nitrogen and oxygen atoms in total. The van der Waals surface area contributed by atoms with Crippen LogP contribution in [0.25, 0.3) is 0 Å². The molecule has 4 N–H and O–H groups in total. The summed E-state index contributed by atoms with van der Waals surface area (Å²) in [5.41, 5.74) is 0.726. The van der Waals surface area contributed by atoms with Gasteiger partial charge in [0.15, 0.2) is 12.1 Å². The number of carbonyl (C=O) groups excluding carboxylic acids is 2. The summed E-state index contributed by atoms with van der Waals surface area (Å²) in [7, 11) is 1.41. The third kappa shape index (κ3) is 10.9. The third-order valence-electron chi connectivity index (χ3n) is 7.52. The molecule has 2 heterocycles. The van der Waals surface area contributed by atoms with Crippen LogP contribution in [0.1, 0.15) is 53.9 Å². The van der Waals surface area contributed by atoms with Crippen LogP contribution in [-0.4, -0.2) is 86.8 Å². The van der Waals surface area contributed by atoms with Gasteiger partial charge in [0.25, 0.3) is 5.91 Å². The molecule has 0 aromatic carbocycles. The fourth-order valence-electron chi connectivity index (χ4n) is 5.15. The summed E-state index contributed by atoms with van der Waals surface area (Å²) < 4.78 is 12.0. The van der Waals surface area contributed by atoms with Gasteiger partial charge >= 0.3 is 5.97 Å². The number of nitrogens with zero attached hydrogens (tertiary/aromatic N) is 1. The van der Waals surface area contributed by atoms with Gasteiger partial charge in [-0.1, -0.05) is 87.1 Å². The first-order valence-corrected chi connectivity index (χ1v) is 14.9. The van der Waals surface area contributed by atoms with Crippen LogP contribution in [-0.2, 0) is 23.9 Å². The number of carboxylic acids is 1. The number of Topliss-reactive ketones (excluding diaryl/α,β-unsaturated/α-hetero) is 1. The molecule has 2 saturated heterocycles. The van der Waals surface area contributed by atoms with Gasteiger partial charge in [-0.05, 0) is 32.3 Å². The Labute approximate surface area is 260 Å². The smallest absolute Gasteiger partial charge is 0.303 e. The summed E-state index contributed by atoms with van der Waals surface area (Å²) in [5, 5.41) is 39.1. The molecule has 2 aliphatic heterocycles. The molecule has 44 heavy (non-hydrogen) atoms. The molecule has 2 rings (SSSR count). The number of ketones is 1. The van der Waals surface area contributed by atoms with Crippen LogP contribution in [0, 0.1) is 11.8 Å². The Kier molecular flexibility index (Phi) is 14.7. The number of aliphatic carboxylic acids is 1. The topological polar surface area (TPSA) is 154 Å². The molecule has 0 saturated carbocycles. The van der Waals surface area contributed by atoms with Crippen LogP contribution in [0.3, 0.4) is 0 Å². The summed E-state index contributed by atoms with van der Waals surface area (Å²) >= 11 is 0. The number of carbonyl (C=O) groups is 3. The van der Waals surface area contributed by atoms with Crippen molar-refractivity contribution in [3.05, 3.63) is 83.7 Å². The maximum absolute atomic E-state index is 12.5. The number of likely N-dealkylation sites (tertiary alicyclic amines) is 1. The molecular formula is C34H47NO9. The summed E-state index contributed by atoms with van der Waals surface area (Å²) in [6.07, 6.45) is 16.4. The zero-order valence-corrected chi connectivity index (χ0v) is 26.4. The zero-order valence-electron chi connectivity index (χ0n) is 26.4. The lowest BCUT2D eigenvalue weighted by molar-refractivity contribution is -0.267. The van der Waals surface area contributed by atoms with Crippen molar-refractivity contribution < 1.29 is 44.3 Å². The van der Waals surface area contributed by atoms with Gasteiger partial charge in [-0.15, -0.1) is 0 Å². The Balaban J connectivity index is 1.87. The average Bonchev–Trinajstić information content (AvgIpc) is 3.16. The Morgan fingerprint density at radius 2 is 1.57 bits per heavy atom. The molecule has 1 amide bonds. The van der Waals surface area contributed by atoms with Crippen LogP contribution in [0.15, 0.2) is 83.7 Å². The molecule has 0 bridgehead atoms. The SMILES string of the molecule is CC(=C/[C@H](C)[C@@H](O[C@H]1C[C@@H](O)[C@@H](O)[C@@H](C)O1)C(C)C)/C=C/C=C\C=C/C=C\C=C/C(O)=C1C(=O)[C@H](CCC(=O)O)N(C)C1=O. The van der Waals surface area contributed by atoms with Gasteiger partial charge in [0.2, 0.25) is 0 Å². The van der Waals surface area contributed by atoms with Gasteiger partial charge in [0.1, 0.15) is 17.4 Å². The summed E-state index contributed by atoms with van der Waals surface area (Å²) in [5.74, 6) is -2.43. The van der Waals surface area contributed by atoms with E-state index in [1.54, 1.807) is 25.2 Å². The van der Waals surface area contributed by atoms with Crippen molar-refractivity contribution in [2.75, 3.05) is 7.05 Å². The van der Waals surface area contributed by atoms with E-state index in [2.05, 4.69) is 26.8 Å². The lowest BCUT2D eigenvalue weighted by Gasteiger charge is -2.38. The summed E-state index contributed by atoms with van der Waals surface area (Å²) in [4.78, 5) is 36.9. The molecule has 7 atom stereocenters. The monoisotopic (exact) mass is 613 g/mol. The minimum absolute atomic E-state index is 0.0119. The van der Waals surface area contributed by atoms with E-state index in [-0.39, 0.29) is 42.8 Å². The first kappa shape index (κ1) is 36.6. The highest BCUT2D eigenvalue weighted by molar-refractivity contribution is 6.27. The quantitative estimate of drug-likeness (QED) is 0.0970. The number of carboxylic acid groups (broad SMARTS) is 1. The highest BCUT2D eigenvalue weighted by Crippen LogP contribution is 2.28. The van der Waals surface area contributed by atoms with E-state index >= 15 is 0 Å². The second-order valence-electron chi connectivity index (χ2n) is 11.5. The van der Waals surface area contributed by atoms with Gasteiger partial charge in [-0.25, -0.2) is 0 Å². The second kappa shape index (κ2) is 17.7. The van der Waals surface area contributed by atoms with Crippen molar-refractivity contribution >= 4 is 17.7 Å². The van der Waals surface area contributed by atoms with E-state index < -0.39 is 54.1 Å². The van der Waals surface area contributed by atoms with Gasteiger partial charge in [0, 0.05) is 25.8 Å². The summed E-state index contributed by atoms with van der Waals surface area (Å²) in [6.45, 7) is 9.97. The molecule has 10 heteroatoms. The highest BCUT2D eigenvalue weighted by Gasteiger charge is 2.42. The average molecular weight is 614 g/mol. The number of allylic oxidation sites excluding steroid dienone is 11. The predicted molar refractivity (Wildman–Crippen MR) is 167 cm³/mol. The molecule has 0 aromatic heterocycles. The van der Waals surface area contributed by atoms with Crippen molar-refractivity contribution in [3.63, 3.8) is 0 Å². The Morgan fingerprint density at radius 3 is 2.11 bits per heavy atom. The number of aliphatic hydroxyl groups is 3. The number of likely N-dealkylation sites (N-methyl/N-ethyl adjacent to an activating group) is 1. The van der Waals surface area contributed by atoms with E-state index in [4.69, 9.17) is 14.6 Å². The molecule has 0 aromatic rings. The minimum atomic E-state index is -1.06. The van der Waals surface area contributed by atoms with Crippen LogP contribution < -0.4 is 0 Å². The predicted octanol–water partition coefficient (Wildman–Crippen LogP) is 4.33. The van der Waals surface area contributed by atoms with Crippen molar-refractivity contribution in [2.24, 2.45) is 11.8 Å². The van der Waals surface area contributed by atoms with Crippen molar-refractivity contribution in [1.82, 2.24) is 4.90 Å². The fraction of sp³-hybridized carbons (Fsp3) is 0.500. The van der Waals surface area contributed by atoms with Crippen molar-refractivity contribution in [3.8, 4) is 0 Å². The molecular weight excluding hydrogens is 566 g/mol. The number of aliphatic hydroxyl groups excluding tert-OH is 3. The number of amides is 1. The first-order valence-electron chi connectivity index (χ1n) is 14.9. The number of ether oxygens (including phenoxy) is 2. The maximum atomic E-state index is 12.5. The Morgan fingerprint density at radius 1 is 1.00 bits per heavy atom. The van der Waals surface area contributed by atoms with Crippen LogP contribution in [0.4, 0.5) is 0 Å². The molecule has 2 fully saturated rings. The molecule has 242 valence electrons. The minimum Gasteiger partial charge on any atom is -0.507 e. The highest BCUT2D eigenvalue weighted by atomic mass is 16.7. The van der Waals surface area contributed by atoms with Crippen LogP contribution in [0.5, 0.6) is 0 Å². The van der Waals surface area contributed by atoms with E-state index in [0.717, 1.165) is 10.5 Å². The molecule has 0 spiro atoms. The standard InChI is InChI=1S/C34H47NO9/c1-21(2)33(44-29-20-27(37)31(40)24(5)43-29)23(4)19-22(3)15-13-11-9-7-8-10-12-14-16-26(36)30-32(41)25(17-18-28(38)39)35(6)34(30)42/h7-16,19,21,23-25,27,29,31,33,36-37,40H,17-18,20H2,1-6H3,(H,38,39)/b8-7-,11-9-,12-10-,15-13+,16-14-,22-19-,30-26?/t23-,24+,25-,27+,29-,31-,33-/m0/s1. The number of hydrogen-bond acceptors (Lipinski definition) is 8. The molecule has 0 radical (unpaired) electrons. The number of hydrogen-bond donors (Lipinski definition) is 4. The zero-order chi connectivity index (χ0) is 33.0. The van der Waals surface area contributed by atoms with Crippen molar-refractivity contribution in [1.29, 1.82) is 0 Å². The number of rotatable bonds is 14. The maximum Gasteiger partial charge on any atom is 0.303 e. The largest absolute Gasteiger partial charge is 0.507 e.